The fourth-order valence-electron chi connectivity index (χ4n) is 3.56. The number of nitrogens with one attached hydrogen (secondary N) is 1. The van der Waals surface area contributed by atoms with Crippen LogP contribution in [0.25, 0.3) is 32.9 Å². The summed E-state index contributed by atoms with van der Waals surface area (Å²) in [4.78, 5) is 3.53. The van der Waals surface area contributed by atoms with Gasteiger partial charge in [0.05, 0.1) is 15.6 Å². The van der Waals surface area contributed by atoms with E-state index in [1.54, 1.807) is 0 Å². The van der Waals surface area contributed by atoms with Gasteiger partial charge in [-0.25, -0.2) is 0 Å². The number of nitrogens with two attached hydrogens (primary N) is 1. The van der Waals surface area contributed by atoms with E-state index in [0.717, 1.165) is 41.4 Å². The van der Waals surface area contributed by atoms with E-state index in [9.17, 15) is 0 Å². The Morgan fingerprint density at radius 2 is 1.69 bits per heavy atom. The van der Waals surface area contributed by atoms with Gasteiger partial charge in [0.25, 0.3) is 0 Å². The molecule has 0 saturated heterocycles. The Bertz CT molecular complexity index is 1080. The van der Waals surface area contributed by atoms with Crippen LogP contribution in [-0.2, 0) is 6.42 Å². The van der Waals surface area contributed by atoms with Crippen LogP contribution in [0.3, 0.4) is 0 Å². The lowest BCUT2D eigenvalue weighted by molar-refractivity contribution is 0.748. The molecule has 0 bridgehead atoms. The van der Waals surface area contributed by atoms with Crippen molar-refractivity contribution in [1.29, 1.82) is 0 Å². The molecule has 0 saturated carbocycles. The number of aryl methyl sites for hydroxylation is 1. The second-order valence-electron chi connectivity index (χ2n) is 6.57. The lowest BCUT2D eigenvalue weighted by Gasteiger charge is -2.07. The van der Waals surface area contributed by atoms with Crippen LogP contribution in [0.4, 0.5) is 0 Å². The number of aromatic amines is 1. The maximum atomic E-state index is 6.47. The van der Waals surface area contributed by atoms with Gasteiger partial charge in [-0.15, -0.1) is 0 Å². The molecule has 3 N–H and O–H groups in total. The highest BCUT2D eigenvalue weighted by molar-refractivity contribution is 6.45. The molecule has 4 heteroatoms. The first-order valence-corrected chi connectivity index (χ1v) is 9.62. The van der Waals surface area contributed by atoms with Crippen molar-refractivity contribution in [1.82, 2.24) is 4.98 Å². The van der Waals surface area contributed by atoms with E-state index >= 15 is 0 Å². The predicted octanol–water partition coefficient (Wildman–Crippen LogP) is 6.58. The summed E-state index contributed by atoms with van der Waals surface area (Å²) in [5, 5.41) is 4.74. The molecule has 0 unspecified atom stereocenters. The largest absolute Gasteiger partial charge is 0.353 e. The minimum atomic E-state index is 0.569. The van der Waals surface area contributed by atoms with Crippen molar-refractivity contribution in [3.05, 3.63) is 70.2 Å². The second-order valence-corrected chi connectivity index (χ2v) is 7.36. The first-order valence-electron chi connectivity index (χ1n) is 8.87. The third kappa shape index (κ3) is 3.09. The van der Waals surface area contributed by atoms with Gasteiger partial charge in [-0.05, 0) is 59.8 Å². The first-order chi connectivity index (χ1) is 12.7. The van der Waals surface area contributed by atoms with Crippen LogP contribution in [0.15, 0.2) is 54.6 Å². The summed E-state index contributed by atoms with van der Waals surface area (Å²) < 4.78 is 0. The average Bonchev–Trinajstić information content (AvgIpc) is 3.04. The van der Waals surface area contributed by atoms with Gasteiger partial charge in [0.2, 0.25) is 0 Å². The zero-order valence-electron chi connectivity index (χ0n) is 14.4. The number of fused-ring (bicyclic) bond motifs is 2. The minimum Gasteiger partial charge on any atom is -0.353 e. The van der Waals surface area contributed by atoms with E-state index in [4.69, 9.17) is 28.9 Å². The van der Waals surface area contributed by atoms with Crippen molar-refractivity contribution in [3.8, 4) is 11.3 Å². The van der Waals surface area contributed by atoms with Crippen molar-refractivity contribution < 1.29 is 0 Å². The lowest BCUT2D eigenvalue weighted by atomic mass is 9.98. The quantitative estimate of drug-likeness (QED) is 0.376. The summed E-state index contributed by atoms with van der Waals surface area (Å²) in [6.45, 7) is 0.709. The minimum absolute atomic E-state index is 0.569. The molecule has 132 valence electrons. The van der Waals surface area contributed by atoms with Crippen molar-refractivity contribution in [2.75, 3.05) is 6.54 Å². The molecule has 1 aromatic heterocycles. The molecule has 3 aromatic carbocycles. The Kier molecular flexibility index (Phi) is 4.90. The molecule has 0 fully saturated rings. The van der Waals surface area contributed by atoms with E-state index in [2.05, 4.69) is 53.5 Å². The van der Waals surface area contributed by atoms with Gasteiger partial charge in [-0.1, -0.05) is 65.7 Å². The molecule has 4 rings (SSSR count). The Morgan fingerprint density at radius 3 is 2.50 bits per heavy atom. The van der Waals surface area contributed by atoms with E-state index in [-0.39, 0.29) is 0 Å². The van der Waals surface area contributed by atoms with Crippen LogP contribution in [-0.4, -0.2) is 11.5 Å². The van der Waals surface area contributed by atoms with Crippen LogP contribution in [0, 0.1) is 0 Å². The van der Waals surface area contributed by atoms with Gasteiger partial charge in [0.15, 0.2) is 0 Å². The first kappa shape index (κ1) is 17.4. The highest BCUT2D eigenvalue weighted by Crippen LogP contribution is 2.38. The number of hydrogen-bond donors (Lipinski definition) is 2. The second kappa shape index (κ2) is 7.32. The third-order valence-corrected chi connectivity index (χ3v) is 5.70. The molecule has 0 spiro atoms. The lowest BCUT2D eigenvalue weighted by Crippen LogP contribution is -1.99. The van der Waals surface area contributed by atoms with E-state index < -0.39 is 0 Å². The summed E-state index contributed by atoms with van der Waals surface area (Å²) in [5.41, 5.74) is 10.2. The van der Waals surface area contributed by atoms with Crippen LogP contribution in [0.1, 0.15) is 18.4 Å². The Labute approximate surface area is 162 Å². The fraction of sp³-hybridized carbons (Fsp3) is 0.182. The fourth-order valence-corrected chi connectivity index (χ4v) is 3.93. The highest BCUT2D eigenvalue weighted by Gasteiger charge is 2.16. The van der Waals surface area contributed by atoms with Gasteiger partial charge in [0, 0.05) is 11.1 Å². The number of hydrogen-bond acceptors (Lipinski definition) is 1. The van der Waals surface area contributed by atoms with Crippen molar-refractivity contribution in [2.45, 2.75) is 19.3 Å². The molecule has 2 nitrogen and oxygen atoms in total. The summed E-state index contributed by atoms with van der Waals surface area (Å²) in [6, 6.07) is 18.9. The molecular weight excluding hydrogens is 363 g/mol. The van der Waals surface area contributed by atoms with Crippen LogP contribution in [0.2, 0.25) is 10.0 Å². The molecule has 4 aromatic rings. The molecule has 0 aliphatic heterocycles. The van der Waals surface area contributed by atoms with Crippen LogP contribution < -0.4 is 5.73 Å². The van der Waals surface area contributed by atoms with E-state index in [0.29, 0.717) is 16.6 Å². The maximum absolute atomic E-state index is 6.47. The number of benzene rings is 3. The number of halogens is 2. The van der Waals surface area contributed by atoms with Gasteiger partial charge < -0.3 is 10.7 Å². The van der Waals surface area contributed by atoms with E-state index in [1.807, 2.05) is 6.07 Å². The highest BCUT2D eigenvalue weighted by atomic mass is 35.5. The number of unbranched alkanes of at least 4 members (excludes halogenated alkanes) is 1. The molecule has 1 heterocycles. The van der Waals surface area contributed by atoms with E-state index in [1.165, 1.54) is 16.3 Å². The molecule has 0 radical (unpaired) electrons. The monoisotopic (exact) mass is 382 g/mol. The normalized spacial score (nSPS) is 11.5. The summed E-state index contributed by atoms with van der Waals surface area (Å²) >= 11 is 12.7. The summed E-state index contributed by atoms with van der Waals surface area (Å²) in [7, 11) is 0. The number of H-pyrrole nitrogens is 1. The van der Waals surface area contributed by atoms with Gasteiger partial charge >= 0.3 is 0 Å². The maximum Gasteiger partial charge on any atom is 0.0833 e. The van der Waals surface area contributed by atoms with Gasteiger partial charge in [-0.2, -0.15) is 0 Å². The summed E-state index contributed by atoms with van der Waals surface area (Å²) in [6.07, 6.45) is 3.01. The average molecular weight is 383 g/mol. The zero-order chi connectivity index (χ0) is 18.1. The number of rotatable bonds is 5. The molecule has 0 atom stereocenters. The molecule has 26 heavy (non-hydrogen) atoms. The van der Waals surface area contributed by atoms with Crippen LogP contribution >= 0.6 is 23.2 Å². The molecular formula is C22H20Cl2N2. The smallest absolute Gasteiger partial charge is 0.0833 e. The Morgan fingerprint density at radius 1 is 0.885 bits per heavy atom. The predicted molar refractivity (Wildman–Crippen MR) is 113 cm³/mol. The van der Waals surface area contributed by atoms with Gasteiger partial charge in [-0.3, -0.25) is 0 Å². The van der Waals surface area contributed by atoms with Gasteiger partial charge in [0.1, 0.15) is 0 Å². The van der Waals surface area contributed by atoms with Crippen molar-refractivity contribution >= 4 is 44.9 Å². The molecule has 0 amide bonds. The Hall–Kier alpha value is -2.00. The van der Waals surface area contributed by atoms with Crippen molar-refractivity contribution in [2.24, 2.45) is 5.73 Å². The van der Waals surface area contributed by atoms with Crippen LogP contribution in [0.5, 0.6) is 0 Å². The summed E-state index contributed by atoms with van der Waals surface area (Å²) in [5.74, 6) is 0. The molecule has 0 aliphatic carbocycles. The SMILES string of the molecule is NCCCCc1c(-c2ccc3ccccc3c2)[nH]c2c(Cl)c(Cl)ccc12. The molecule has 0 aliphatic rings. The zero-order valence-corrected chi connectivity index (χ0v) is 15.9. The third-order valence-electron chi connectivity index (χ3n) is 4.89. The number of aromatic nitrogens is 1. The Balaban J connectivity index is 1.91. The topological polar surface area (TPSA) is 41.8 Å². The standard InChI is InChI=1S/C22H20Cl2N2/c23-19-11-10-18-17(7-3-4-12-25)21(26-22(18)20(19)24)16-9-8-14-5-1-2-6-15(14)13-16/h1-2,5-6,8-11,13,26H,3-4,7,12,25H2. The van der Waals surface area contributed by atoms with Crippen molar-refractivity contribution in [3.63, 3.8) is 0 Å².